The van der Waals surface area contributed by atoms with E-state index in [1.807, 2.05) is 0 Å². The molecule has 0 aliphatic rings. The number of aromatic carboxylic acids is 1. The van der Waals surface area contributed by atoms with Crippen LogP contribution in [-0.2, 0) is 6.61 Å². The van der Waals surface area contributed by atoms with Crippen LogP contribution in [0.15, 0.2) is 42.7 Å². The number of ether oxygens (including phenoxy) is 1. The number of hydrogen-bond acceptors (Lipinski definition) is 4. The van der Waals surface area contributed by atoms with Crippen molar-refractivity contribution in [1.29, 1.82) is 0 Å². The second-order valence-corrected chi connectivity index (χ2v) is 3.26. The summed E-state index contributed by atoms with van der Waals surface area (Å²) in [5.74, 6) is -0.199. The van der Waals surface area contributed by atoms with Crippen molar-refractivity contribution < 1.29 is 14.6 Å². The number of aromatic nitrogens is 2. The Morgan fingerprint density at radius 2 is 1.88 bits per heavy atom. The lowest BCUT2D eigenvalue weighted by Gasteiger charge is -2.07. The fourth-order valence-corrected chi connectivity index (χ4v) is 1.32. The lowest BCUT2D eigenvalue weighted by molar-refractivity contribution is 0.0691. The van der Waals surface area contributed by atoms with Gasteiger partial charge in [0.25, 0.3) is 0 Å². The van der Waals surface area contributed by atoms with Crippen LogP contribution in [0.2, 0.25) is 0 Å². The molecule has 0 amide bonds. The van der Waals surface area contributed by atoms with Crippen molar-refractivity contribution in [2.75, 3.05) is 0 Å². The van der Waals surface area contributed by atoms with Gasteiger partial charge in [0, 0.05) is 12.4 Å². The minimum absolute atomic E-state index is 0.128. The third-order valence-electron chi connectivity index (χ3n) is 2.09. The van der Waals surface area contributed by atoms with E-state index in [2.05, 4.69) is 9.97 Å². The van der Waals surface area contributed by atoms with Crippen LogP contribution < -0.4 is 4.74 Å². The van der Waals surface area contributed by atoms with Crippen LogP contribution in [0, 0.1) is 0 Å². The Balaban J connectivity index is 2.12. The summed E-state index contributed by atoms with van der Waals surface area (Å²) in [6.45, 7) is 0.144. The number of carboxylic acid groups (broad SMARTS) is 1. The Labute approximate surface area is 97.7 Å². The standard InChI is InChI=1S/C12H10N2O3/c15-12(16)9-4-1-2-5-10(9)17-8-11-13-6-3-7-14-11/h1-7H,8H2,(H,15,16). The van der Waals surface area contributed by atoms with Crippen LogP contribution >= 0.6 is 0 Å². The summed E-state index contributed by atoms with van der Waals surface area (Å²) >= 11 is 0. The molecule has 1 heterocycles. The van der Waals surface area contributed by atoms with Crippen LogP contribution in [0.4, 0.5) is 0 Å². The predicted octanol–water partition coefficient (Wildman–Crippen LogP) is 1.75. The normalized spacial score (nSPS) is 9.88. The van der Waals surface area contributed by atoms with E-state index < -0.39 is 5.97 Å². The van der Waals surface area contributed by atoms with Gasteiger partial charge in [-0.1, -0.05) is 12.1 Å². The molecule has 0 saturated heterocycles. The summed E-state index contributed by atoms with van der Waals surface area (Å²) in [4.78, 5) is 18.9. The Kier molecular flexibility index (Phi) is 3.30. The zero-order chi connectivity index (χ0) is 12.1. The van der Waals surface area contributed by atoms with Gasteiger partial charge in [-0.25, -0.2) is 14.8 Å². The summed E-state index contributed by atoms with van der Waals surface area (Å²) < 4.78 is 5.38. The first-order valence-corrected chi connectivity index (χ1v) is 4.98. The van der Waals surface area contributed by atoms with Crippen LogP contribution in [-0.4, -0.2) is 21.0 Å². The molecule has 2 rings (SSSR count). The van der Waals surface area contributed by atoms with Crippen molar-refractivity contribution in [1.82, 2.24) is 9.97 Å². The zero-order valence-electron chi connectivity index (χ0n) is 8.91. The molecule has 5 nitrogen and oxygen atoms in total. The van der Waals surface area contributed by atoms with Crippen molar-refractivity contribution in [3.05, 3.63) is 54.1 Å². The number of carbonyl (C=O) groups is 1. The van der Waals surface area contributed by atoms with Crippen molar-refractivity contribution in [3.8, 4) is 5.75 Å². The highest BCUT2D eigenvalue weighted by Gasteiger charge is 2.10. The number of para-hydroxylation sites is 1. The molecule has 1 N–H and O–H groups in total. The molecule has 0 atom stereocenters. The van der Waals surface area contributed by atoms with Gasteiger partial charge in [-0.3, -0.25) is 0 Å². The number of rotatable bonds is 4. The van der Waals surface area contributed by atoms with Gasteiger partial charge in [0.2, 0.25) is 0 Å². The molecule has 17 heavy (non-hydrogen) atoms. The smallest absolute Gasteiger partial charge is 0.339 e. The summed E-state index contributed by atoms with van der Waals surface area (Å²) in [5.41, 5.74) is 0.128. The van der Waals surface area contributed by atoms with Crippen molar-refractivity contribution in [2.45, 2.75) is 6.61 Å². The Morgan fingerprint density at radius 3 is 2.59 bits per heavy atom. The molecule has 0 bridgehead atoms. The molecular formula is C12H10N2O3. The summed E-state index contributed by atoms with van der Waals surface area (Å²) in [5, 5.41) is 8.95. The first kappa shape index (κ1) is 11.1. The molecule has 1 aromatic carbocycles. The minimum Gasteiger partial charge on any atom is -0.485 e. The molecule has 0 radical (unpaired) electrons. The Bertz CT molecular complexity index is 514. The highest BCUT2D eigenvalue weighted by Crippen LogP contribution is 2.18. The van der Waals surface area contributed by atoms with Gasteiger partial charge in [-0.15, -0.1) is 0 Å². The van der Waals surface area contributed by atoms with E-state index >= 15 is 0 Å². The SMILES string of the molecule is O=C(O)c1ccccc1OCc1ncccn1. The van der Waals surface area contributed by atoms with Crippen LogP contribution in [0.5, 0.6) is 5.75 Å². The van der Waals surface area contributed by atoms with E-state index in [1.54, 1.807) is 36.7 Å². The molecule has 0 aliphatic carbocycles. The average molecular weight is 230 g/mol. The molecule has 1 aromatic heterocycles. The largest absolute Gasteiger partial charge is 0.485 e. The molecule has 0 unspecified atom stereocenters. The van der Waals surface area contributed by atoms with Crippen molar-refractivity contribution >= 4 is 5.97 Å². The van der Waals surface area contributed by atoms with Crippen LogP contribution in [0.25, 0.3) is 0 Å². The lowest BCUT2D eigenvalue weighted by atomic mass is 10.2. The van der Waals surface area contributed by atoms with Crippen molar-refractivity contribution in [2.24, 2.45) is 0 Å². The summed E-state index contributed by atoms with van der Waals surface area (Å²) in [6, 6.07) is 8.16. The summed E-state index contributed by atoms with van der Waals surface area (Å²) in [7, 11) is 0. The monoisotopic (exact) mass is 230 g/mol. The average Bonchev–Trinajstić information content (AvgIpc) is 2.38. The fraction of sp³-hybridized carbons (Fsp3) is 0.0833. The molecule has 0 aliphatic heterocycles. The lowest BCUT2D eigenvalue weighted by Crippen LogP contribution is -2.05. The first-order valence-electron chi connectivity index (χ1n) is 4.98. The van der Waals surface area contributed by atoms with Gasteiger partial charge in [-0.05, 0) is 18.2 Å². The van der Waals surface area contributed by atoms with Crippen LogP contribution in [0.1, 0.15) is 16.2 Å². The van der Waals surface area contributed by atoms with E-state index in [0.717, 1.165) is 0 Å². The highest BCUT2D eigenvalue weighted by molar-refractivity contribution is 5.90. The van der Waals surface area contributed by atoms with Gasteiger partial charge in [0.05, 0.1) is 0 Å². The molecular weight excluding hydrogens is 220 g/mol. The quantitative estimate of drug-likeness (QED) is 0.866. The van der Waals surface area contributed by atoms with Gasteiger partial charge in [0.1, 0.15) is 17.9 Å². The third-order valence-corrected chi connectivity index (χ3v) is 2.09. The minimum atomic E-state index is -1.02. The Hall–Kier alpha value is -2.43. The van der Waals surface area contributed by atoms with E-state index in [9.17, 15) is 4.79 Å². The molecule has 0 saturated carbocycles. The van der Waals surface area contributed by atoms with E-state index in [0.29, 0.717) is 11.6 Å². The van der Waals surface area contributed by atoms with Crippen LogP contribution in [0.3, 0.4) is 0 Å². The maximum absolute atomic E-state index is 10.9. The second-order valence-electron chi connectivity index (χ2n) is 3.26. The number of carboxylic acids is 1. The molecule has 5 heteroatoms. The maximum Gasteiger partial charge on any atom is 0.339 e. The number of nitrogens with zero attached hydrogens (tertiary/aromatic N) is 2. The zero-order valence-corrected chi connectivity index (χ0v) is 8.91. The predicted molar refractivity (Wildman–Crippen MR) is 59.8 cm³/mol. The van der Waals surface area contributed by atoms with E-state index in [4.69, 9.17) is 9.84 Å². The van der Waals surface area contributed by atoms with Gasteiger partial charge >= 0.3 is 5.97 Å². The molecule has 0 spiro atoms. The second kappa shape index (κ2) is 5.07. The topological polar surface area (TPSA) is 72.3 Å². The number of benzene rings is 1. The first-order chi connectivity index (χ1) is 8.27. The van der Waals surface area contributed by atoms with Gasteiger partial charge in [0.15, 0.2) is 5.82 Å². The molecule has 0 fully saturated rings. The third kappa shape index (κ3) is 2.78. The van der Waals surface area contributed by atoms with Gasteiger partial charge < -0.3 is 9.84 Å². The summed E-state index contributed by atoms with van der Waals surface area (Å²) in [6.07, 6.45) is 3.21. The Morgan fingerprint density at radius 1 is 1.18 bits per heavy atom. The van der Waals surface area contributed by atoms with E-state index in [-0.39, 0.29) is 12.2 Å². The van der Waals surface area contributed by atoms with Gasteiger partial charge in [-0.2, -0.15) is 0 Å². The van der Waals surface area contributed by atoms with E-state index in [1.165, 1.54) is 6.07 Å². The highest BCUT2D eigenvalue weighted by atomic mass is 16.5. The van der Waals surface area contributed by atoms with Crippen molar-refractivity contribution in [3.63, 3.8) is 0 Å². The molecule has 86 valence electrons. The fourth-order valence-electron chi connectivity index (χ4n) is 1.32. The molecule has 2 aromatic rings. The maximum atomic E-state index is 10.9. The number of hydrogen-bond donors (Lipinski definition) is 1.